The maximum Gasteiger partial charge on any atom is 0.0173 e. The molecule has 0 spiro atoms. The van der Waals surface area contributed by atoms with E-state index in [0.29, 0.717) is 0 Å². The van der Waals surface area contributed by atoms with Crippen molar-refractivity contribution >= 4 is 45.2 Å². The SMILES string of the molecule is C=CCI.CI. The molecule has 0 aliphatic rings. The summed E-state index contributed by atoms with van der Waals surface area (Å²) in [5, 5.41) is 0. The topological polar surface area (TPSA) is 0 Å². The number of hydrogen-bond donors (Lipinski definition) is 0. The zero-order chi connectivity index (χ0) is 5.41. The minimum atomic E-state index is 1.05. The van der Waals surface area contributed by atoms with E-state index >= 15 is 0 Å². The van der Waals surface area contributed by atoms with Crippen LogP contribution in [0, 0.1) is 0 Å². The van der Waals surface area contributed by atoms with E-state index in [1.54, 1.807) is 0 Å². The number of alkyl halides is 2. The minimum absolute atomic E-state index is 1.05. The highest BCUT2D eigenvalue weighted by atomic mass is 127. The van der Waals surface area contributed by atoms with Crippen molar-refractivity contribution in [2.75, 3.05) is 9.36 Å². The van der Waals surface area contributed by atoms with E-state index in [9.17, 15) is 0 Å². The van der Waals surface area contributed by atoms with Crippen molar-refractivity contribution in [1.82, 2.24) is 0 Å². The van der Waals surface area contributed by atoms with Gasteiger partial charge in [-0.05, 0) is 4.93 Å². The molecule has 0 saturated carbocycles. The van der Waals surface area contributed by atoms with Crippen molar-refractivity contribution in [1.29, 1.82) is 0 Å². The summed E-state index contributed by atoms with van der Waals surface area (Å²) in [4.78, 5) is 1.97. The summed E-state index contributed by atoms with van der Waals surface area (Å²) in [7, 11) is 0. The van der Waals surface area contributed by atoms with E-state index in [1.165, 1.54) is 0 Å². The van der Waals surface area contributed by atoms with Crippen molar-refractivity contribution in [3.05, 3.63) is 12.7 Å². The molecule has 2 heteroatoms. The summed E-state index contributed by atoms with van der Waals surface area (Å²) in [5.41, 5.74) is 0. The Balaban J connectivity index is 0. The van der Waals surface area contributed by atoms with Gasteiger partial charge in [0, 0.05) is 4.43 Å². The van der Waals surface area contributed by atoms with Crippen molar-refractivity contribution in [2.24, 2.45) is 0 Å². The summed E-state index contributed by atoms with van der Waals surface area (Å²) in [6.07, 6.45) is 1.86. The van der Waals surface area contributed by atoms with Crippen LogP contribution in [-0.2, 0) is 0 Å². The van der Waals surface area contributed by atoms with Crippen LogP contribution in [0.2, 0.25) is 0 Å². The highest BCUT2D eigenvalue weighted by molar-refractivity contribution is 14.1. The Morgan fingerprint density at radius 1 is 1.67 bits per heavy atom. The van der Waals surface area contributed by atoms with Crippen molar-refractivity contribution in [3.8, 4) is 0 Å². The smallest absolute Gasteiger partial charge is 0.0173 e. The Labute approximate surface area is 66.7 Å². The zero-order valence-corrected chi connectivity index (χ0v) is 8.06. The van der Waals surface area contributed by atoms with E-state index in [2.05, 4.69) is 51.8 Å². The van der Waals surface area contributed by atoms with Gasteiger partial charge < -0.3 is 0 Å². The van der Waals surface area contributed by atoms with Gasteiger partial charge in [-0.25, -0.2) is 0 Å². The van der Waals surface area contributed by atoms with Gasteiger partial charge >= 0.3 is 0 Å². The standard InChI is InChI=1S/C3H5I.CH3I/c1-2-3-4;1-2/h2H,1,3H2;1H3. The Kier molecular flexibility index (Phi) is 27.9. The third-order valence-corrected chi connectivity index (χ3v) is 0.732. The molecule has 0 aliphatic carbocycles. The third kappa shape index (κ3) is 19.0. The quantitative estimate of drug-likeness (QED) is 0.397. The van der Waals surface area contributed by atoms with Crippen LogP contribution in [0.25, 0.3) is 0 Å². The monoisotopic (exact) mass is 310 g/mol. The van der Waals surface area contributed by atoms with E-state index in [0.717, 1.165) is 4.43 Å². The second-order valence-corrected chi connectivity index (χ2v) is 1.32. The Morgan fingerprint density at radius 3 is 1.83 bits per heavy atom. The molecule has 0 aromatic rings. The van der Waals surface area contributed by atoms with Gasteiger partial charge in [0.1, 0.15) is 0 Å². The fraction of sp³-hybridized carbons (Fsp3) is 0.500. The average molecular weight is 310 g/mol. The summed E-state index contributed by atoms with van der Waals surface area (Å²) in [6.45, 7) is 3.47. The van der Waals surface area contributed by atoms with Gasteiger partial charge in [0.15, 0.2) is 0 Å². The predicted molar refractivity (Wildman–Crippen MR) is 49.0 cm³/mol. The Morgan fingerprint density at radius 2 is 1.83 bits per heavy atom. The molecule has 0 heterocycles. The zero-order valence-electron chi connectivity index (χ0n) is 3.75. The molecule has 0 amide bonds. The molecule has 38 valence electrons. The van der Waals surface area contributed by atoms with Crippen LogP contribution >= 0.6 is 45.2 Å². The number of rotatable bonds is 1. The molecule has 0 aromatic carbocycles. The molecule has 0 aliphatic heterocycles. The predicted octanol–water partition coefficient (Wildman–Crippen LogP) is 2.66. The molecule has 0 unspecified atom stereocenters. The minimum Gasteiger partial charge on any atom is -0.102 e. The normalized spacial score (nSPS) is 5.17. The summed E-state index contributed by atoms with van der Waals surface area (Å²) < 4.78 is 1.05. The molecular formula is C4H8I2. The van der Waals surface area contributed by atoms with E-state index in [4.69, 9.17) is 0 Å². The molecule has 0 saturated heterocycles. The van der Waals surface area contributed by atoms with Crippen molar-refractivity contribution in [2.45, 2.75) is 0 Å². The first-order valence-corrected chi connectivity index (χ1v) is 5.14. The fourth-order valence-corrected chi connectivity index (χ4v) is 0. The number of allylic oxidation sites excluding steroid dienone is 1. The van der Waals surface area contributed by atoms with Gasteiger partial charge in [0.05, 0.1) is 0 Å². The first-order chi connectivity index (χ1) is 2.91. The fourth-order valence-electron chi connectivity index (χ4n) is 0. The van der Waals surface area contributed by atoms with Crippen LogP contribution in [-0.4, -0.2) is 9.36 Å². The second-order valence-electron chi connectivity index (χ2n) is 0.443. The van der Waals surface area contributed by atoms with Crippen LogP contribution in [0.5, 0.6) is 0 Å². The van der Waals surface area contributed by atoms with Crippen LogP contribution in [0.1, 0.15) is 0 Å². The second kappa shape index (κ2) is 16.4. The van der Waals surface area contributed by atoms with Crippen molar-refractivity contribution < 1.29 is 0 Å². The lowest BCUT2D eigenvalue weighted by atomic mass is 10.8. The van der Waals surface area contributed by atoms with Gasteiger partial charge in [-0.1, -0.05) is 51.3 Å². The molecule has 0 fully saturated rings. The van der Waals surface area contributed by atoms with E-state index in [-0.39, 0.29) is 0 Å². The molecule has 0 aromatic heterocycles. The third-order valence-electron chi connectivity index (χ3n) is 0.109. The van der Waals surface area contributed by atoms with E-state index < -0.39 is 0 Å². The Bertz CT molecular complexity index is 19.5. The van der Waals surface area contributed by atoms with Gasteiger partial charge in [-0.2, -0.15) is 0 Å². The van der Waals surface area contributed by atoms with Crippen LogP contribution in [0.15, 0.2) is 12.7 Å². The summed E-state index contributed by atoms with van der Waals surface area (Å²) in [5.74, 6) is 0. The van der Waals surface area contributed by atoms with Crippen LogP contribution in [0.3, 0.4) is 0 Å². The summed E-state index contributed by atoms with van der Waals surface area (Å²) in [6, 6.07) is 0. The van der Waals surface area contributed by atoms with Gasteiger partial charge in [-0.15, -0.1) is 6.58 Å². The lowest BCUT2D eigenvalue weighted by Gasteiger charge is -1.55. The molecule has 0 nitrogen and oxygen atoms in total. The first-order valence-electron chi connectivity index (χ1n) is 1.46. The lowest BCUT2D eigenvalue weighted by Crippen LogP contribution is -1.43. The maximum absolute atomic E-state index is 3.47. The van der Waals surface area contributed by atoms with E-state index in [1.807, 2.05) is 11.0 Å². The van der Waals surface area contributed by atoms with Gasteiger partial charge in [0.25, 0.3) is 0 Å². The van der Waals surface area contributed by atoms with Crippen LogP contribution < -0.4 is 0 Å². The molecule has 0 rings (SSSR count). The average Bonchev–Trinajstić information content (AvgIpc) is 1.72. The largest absolute Gasteiger partial charge is 0.102 e. The highest BCUT2D eigenvalue weighted by Gasteiger charge is 1.47. The molecule has 0 atom stereocenters. The lowest BCUT2D eigenvalue weighted by molar-refractivity contribution is 1.90. The maximum atomic E-state index is 3.47. The molecule has 0 N–H and O–H groups in total. The molecule has 0 radical (unpaired) electrons. The number of halogens is 2. The first kappa shape index (κ1) is 10.2. The number of hydrogen-bond acceptors (Lipinski definition) is 0. The van der Waals surface area contributed by atoms with Gasteiger partial charge in [-0.3, -0.25) is 0 Å². The van der Waals surface area contributed by atoms with Gasteiger partial charge in [0.2, 0.25) is 0 Å². The summed E-state index contributed by atoms with van der Waals surface area (Å²) >= 11 is 4.38. The molecular weight excluding hydrogens is 302 g/mol. The van der Waals surface area contributed by atoms with Crippen LogP contribution in [0.4, 0.5) is 0 Å². The molecule has 0 bridgehead atoms. The molecule has 6 heavy (non-hydrogen) atoms. The van der Waals surface area contributed by atoms with Crippen molar-refractivity contribution in [3.63, 3.8) is 0 Å². The Hall–Kier alpha value is 1.20. The highest BCUT2D eigenvalue weighted by Crippen LogP contribution is 1.75.